The lowest BCUT2D eigenvalue weighted by Gasteiger charge is -2.16. The third-order valence-electron chi connectivity index (χ3n) is 3.44. The largest absolute Gasteiger partial charge is 0.480 e. The molecule has 22 heavy (non-hydrogen) atoms. The van der Waals surface area contributed by atoms with E-state index in [0.29, 0.717) is 17.6 Å². The van der Waals surface area contributed by atoms with Crippen molar-refractivity contribution in [3.63, 3.8) is 0 Å². The maximum Gasteiger partial charge on any atom is 0.326 e. The van der Waals surface area contributed by atoms with Crippen LogP contribution in [0.5, 0.6) is 0 Å². The molecule has 0 radical (unpaired) electrons. The summed E-state index contributed by atoms with van der Waals surface area (Å²) in [4.78, 5) is 27.7. The molecule has 7 heteroatoms. The number of pyridine rings is 1. The van der Waals surface area contributed by atoms with Crippen LogP contribution in [-0.2, 0) is 11.8 Å². The molecule has 0 saturated carbocycles. The van der Waals surface area contributed by atoms with E-state index in [4.69, 9.17) is 0 Å². The van der Waals surface area contributed by atoms with E-state index in [1.54, 1.807) is 17.8 Å². The Hall–Kier alpha value is -2.44. The van der Waals surface area contributed by atoms with E-state index < -0.39 is 17.9 Å². The molecule has 7 nitrogen and oxygen atoms in total. The van der Waals surface area contributed by atoms with E-state index in [1.807, 2.05) is 20.8 Å². The van der Waals surface area contributed by atoms with Crippen LogP contribution >= 0.6 is 0 Å². The Morgan fingerprint density at radius 1 is 1.41 bits per heavy atom. The summed E-state index contributed by atoms with van der Waals surface area (Å²) in [6, 6.07) is 0.784. The van der Waals surface area contributed by atoms with Gasteiger partial charge in [0, 0.05) is 18.6 Å². The second kappa shape index (κ2) is 6.13. The van der Waals surface area contributed by atoms with Gasteiger partial charge in [-0.25, -0.2) is 9.78 Å². The first-order valence-corrected chi connectivity index (χ1v) is 7.12. The minimum absolute atomic E-state index is 0.169. The highest BCUT2D eigenvalue weighted by Gasteiger charge is 2.22. The van der Waals surface area contributed by atoms with Crippen molar-refractivity contribution in [3.8, 4) is 0 Å². The molecule has 118 valence electrons. The fraction of sp³-hybridized carbons (Fsp3) is 0.467. The molecule has 0 aromatic carbocycles. The topological polar surface area (TPSA) is 97.1 Å². The summed E-state index contributed by atoms with van der Waals surface area (Å²) in [5.41, 5.74) is 1.79. The van der Waals surface area contributed by atoms with Gasteiger partial charge < -0.3 is 10.4 Å². The molecule has 0 bridgehead atoms. The molecule has 2 N–H and O–H groups in total. The number of nitrogens with zero attached hydrogens (tertiary/aromatic N) is 3. The first-order chi connectivity index (χ1) is 10.3. The maximum atomic E-state index is 12.3. The van der Waals surface area contributed by atoms with Gasteiger partial charge in [-0.1, -0.05) is 13.8 Å². The van der Waals surface area contributed by atoms with Crippen LogP contribution in [0.1, 0.15) is 36.3 Å². The van der Waals surface area contributed by atoms with Crippen LogP contribution in [0.25, 0.3) is 11.0 Å². The van der Waals surface area contributed by atoms with Gasteiger partial charge in [0.25, 0.3) is 5.91 Å². The lowest BCUT2D eigenvalue weighted by Crippen LogP contribution is -2.41. The number of carbonyl (C=O) groups is 2. The average Bonchev–Trinajstić information content (AvgIpc) is 2.72. The molecule has 2 aromatic rings. The SMILES string of the molecule is Cc1nn(C)c2ncc(C(=O)N[C@H](CC(C)C)C(=O)O)cc12. The minimum Gasteiger partial charge on any atom is -0.480 e. The molecule has 0 aliphatic rings. The van der Waals surface area contributed by atoms with Crippen molar-refractivity contribution in [1.29, 1.82) is 0 Å². The molecular formula is C15H20N4O3. The summed E-state index contributed by atoms with van der Waals surface area (Å²) in [5.74, 6) is -1.30. The Bertz CT molecular complexity index is 721. The Kier molecular flexibility index (Phi) is 4.44. The molecule has 0 aliphatic heterocycles. The second-order valence-electron chi connectivity index (χ2n) is 5.80. The monoisotopic (exact) mass is 304 g/mol. The highest BCUT2D eigenvalue weighted by molar-refractivity contribution is 5.99. The number of carboxylic acid groups (broad SMARTS) is 1. The zero-order chi connectivity index (χ0) is 16.4. The minimum atomic E-state index is -1.03. The maximum absolute atomic E-state index is 12.3. The Morgan fingerprint density at radius 3 is 2.68 bits per heavy atom. The molecule has 0 unspecified atom stereocenters. The zero-order valence-electron chi connectivity index (χ0n) is 13.1. The number of hydrogen-bond acceptors (Lipinski definition) is 4. The number of fused-ring (bicyclic) bond motifs is 1. The van der Waals surface area contributed by atoms with Crippen LogP contribution < -0.4 is 5.32 Å². The number of aryl methyl sites for hydroxylation is 2. The summed E-state index contributed by atoms with van der Waals surface area (Å²) < 4.78 is 1.64. The van der Waals surface area contributed by atoms with Gasteiger partial charge in [-0.05, 0) is 25.3 Å². The number of carbonyl (C=O) groups excluding carboxylic acids is 1. The number of aromatic nitrogens is 3. The van der Waals surface area contributed by atoms with Crippen LogP contribution in [0.4, 0.5) is 0 Å². The molecule has 2 rings (SSSR count). The van der Waals surface area contributed by atoms with Gasteiger partial charge in [0.2, 0.25) is 0 Å². The van der Waals surface area contributed by atoms with E-state index in [9.17, 15) is 14.7 Å². The summed E-state index contributed by atoms with van der Waals surface area (Å²) in [5, 5.41) is 16.8. The highest BCUT2D eigenvalue weighted by Crippen LogP contribution is 2.16. The molecule has 0 fully saturated rings. The van der Waals surface area contributed by atoms with Crippen molar-refractivity contribution >= 4 is 22.9 Å². The quantitative estimate of drug-likeness (QED) is 0.872. The van der Waals surface area contributed by atoms with Crippen molar-refractivity contribution in [2.24, 2.45) is 13.0 Å². The van der Waals surface area contributed by atoms with Gasteiger partial charge in [0.1, 0.15) is 6.04 Å². The van der Waals surface area contributed by atoms with Gasteiger partial charge in [-0.15, -0.1) is 0 Å². The lowest BCUT2D eigenvalue weighted by molar-refractivity contribution is -0.139. The van der Waals surface area contributed by atoms with Gasteiger partial charge in [0.05, 0.1) is 11.3 Å². The fourth-order valence-corrected chi connectivity index (χ4v) is 2.37. The number of hydrogen-bond donors (Lipinski definition) is 2. The molecule has 0 saturated heterocycles. The summed E-state index contributed by atoms with van der Waals surface area (Å²) in [6.45, 7) is 5.66. The molecule has 0 spiro atoms. The standard InChI is InChI=1S/C15H20N4O3/c1-8(2)5-12(15(21)22)17-14(20)10-6-11-9(3)18-19(4)13(11)16-7-10/h6-8,12H,5H2,1-4H3,(H,17,20)(H,21,22)/t12-/m1/s1. The molecule has 0 aliphatic carbocycles. The second-order valence-corrected chi connectivity index (χ2v) is 5.80. The van der Waals surface area contributed by atoms with E-state index >= 15 is 0 Å². The van der Waals surface area contributed by atoms with Crippen molar-refractivity contribution in [1.82, 2.24) is 20.1 Å². The lowest BCUT2D eigenvalue weighted by atomic mass is 10.0. The Morgan fingerprint density at radius 2 is 2.09 bits per heavy atom. The van der Waals surface area contributed by atoms with Gasteiger partial charge in [-0.3, -0.25) is 9.48 Å². The predicted molar refractivity (Wildman–Crippen MR) is 81.6 cm³/mol. The number of nitrogens with one attached hydrogen (secondary N) is 1. The average molecular weight is 304 g/mol. The van der Waals surface area contributed by atoms with E-state index in [-0.39, 0.29) is 5.92 Å². The third-order valence-corrected chi connectivity index (χ3v) is 3.44. The van der Waals surface area contributed by atoms with Crippen LogP contribution in [0.15, 0.2) is 12.3 Å². The van der Waals surface area contributed by atoms with Crippen molar-refractivity contribution in [2.45, 2.75) is 33.2 Å². The predicted octanol–water partition coefficient (Wildman–Crippen LogP) is 1.51. The van der Waals surface area contributed by atoms with Crippen LogP contribution in [0.2, 0.25) is 0 Å². The fourth-order valence-electron chi connectivity index (χ4n) is 2.37. The first-order valence-electron chi connectivity index (χ1n) is 7.12. The zero-order valence-corrected chi connectivity index (χ0v) is 13.1. The van der Waals surface area contributed by atoms with Gasteiger partial charge in [-0.2, -0.15) is 5.10 Å². The van der Waals surface area contributed by atoms with Crippen LogP contribution in [0.3, 0.4) is 0 Å². The summed E-state index contributed by atoms with van der Waals surface area (Å²) in [7, 11) is 1.78. The van der Waals surface area contributed by atoms with E-state index in [1.165, 1.54) is 6.20 Å². The third kappa shape index (κ3) is 3.24. The van der Waals surface area contributed by atoms with Gasteiger partial charge in [0.15, 0.2) is 5.65 Å². The molecule has 1 amide bonds. The molecule has 1 atom stereocenters. The smallest absolute Gasteiger partial charge is 0.326 e. The summed E-state index contributed by atoms with van der Waals surface area (Å²) in [6.07, 6.45) is 1.82. The van der Waals surface area contributed by atoms with Crippen LogP contribution in [-0.4, -0.2) is 37.8 Å². The van der Waals surface area contributed by atoms with E-state index in [0.717, 1.165) is 11.1 Å². The molecular weight excluding hydrogens is 284 g/mol. The number of rotatable bonds is 5. The number of amides is 1. The van der Waals surface area contributed by atoms with Gasteiger partial charge >= 0.3 is 5.97 Å². The normalized spacial score (nSPS) is 12.6. The molecule has 2 heterocycles. The number of aliphatic carboxylic acids is 1. The summed E-state index contributed by atoms with van der Waals surface area (Å²) >= 11 is 0. The van der Waals surface area contributed by atoms with Crippen molar-refractivity contribution < 1.29 is 14.7 Å². The van der Waals surface area contributed by atoms with E-state index in [2.05, 4.69) is 15.4 Å². The van der Waals surface area contributed by atoms with Crippen molar-refractivity contribution in [2.75, 3.05) is 0 Å². The van der Waals surface area contributed by atoms with Crippen molar-refractivity contribution in [3.05, 3.63) is 23.5 Å². The first kappa shape index (κ1) is 15.9. The Balaban J connectivity index is 2.25. The Labute approximate surface area is 128 Å². The molecule has 2 aromatic heterocycles. The van der Waals surface area contributed by atoms with Crippen LogP contribution in [0, 0.1) is 12.8 Å². The highest BCUT2D eigenvalue weighted by atomic mass is 16.4. The number of carboxylic acids is 1.